The smallest absolute Gasteiger partial charge is 0.158 e. The van der Waals surface area contributed by atoms with E-state index in [2.05, 4.69) is 34.6 Å². The van der Waals surface area contributed by atoms with E-state index in [0.717, 1.165) is 71.8 Å². The van der Waals surface area contributed by atoms with Crippen LogP contribution < -0.4 is 10.6 Å². The lowest BCUT2D eigenvalue weighted by atomic mass is 10.0. The standard InChI is InChI=1S/C24H26FN5S/c1-2-21-29-22-23(27-19-5-3-4-6-20(19)28-24(22)31-21)30-14-13-26-18(15-30)12-9-16-7-10-17(25)11-8-16/h3-8,10-11,18,26,28H,2,9,12-15H2,1H3/p+1/t18-/m0/s1. The normalized spacial score (nSPS) is 17.9. The molecule has 5 nitrogen and oxygen atoms in total. The number of nitrogens with zero attached hydrogens (tertiary/aromatic N) is 3. The molecule has 0 saturated carbocycles. The van der Waals surface area contributed by atoms with Crippen LogP contribution in [0.2, 0.25) is 0 Å². The fourth-order valence-electron chi connectivity index (χ4n) is 4.26. The molecule has 3 aromatic rings. The average Bonchev–Trinajstić information content (AvgIpc) is 3.14. The quantitative estimate of drug-likeness (QED) is 0.653. The second-order valence-corrected chi connectivity index (χ2v) is 9.20. The molecule has 7 heteroatoms. The van der Waals surface area contributed by atoms with Crippen LogP contribution in [0.25, 0.3) is 0 Å². The van der Waals surface area contributed by atoms with Crippen molar-refractivity contribution >= 4 is 33.5 Å². The molecule has 2 aromatic carbocycles. The van der Waals surface area contributed by atoms with Crippen LogP contribution in [0.3, 0.4) is 0 Å². The monoisotopic (exact) mass is 436 g/mol. The number of aliphatic imine (C=N–C) groups is 1. The van der Waals surface area contributed by atoms with Crippen LogP contribution in [0.5, 0.6) is 0 Å². The minimum absolute atomic E-state index is 0.176. The minimum Gasteiger partial charge on any atom is -0.344 e. The highest BCUT2D eigenvalue weighted by Crippen LogP contribution is 2.37. The van der Waals surface area contributed by atoms with Gasteiger partial charge in [0.05, 0.1) is 36.0 Å². The molecule has 0 bridgehead atoms. The van der Waals surface area contributed by atoms with Gasteiger partial charge in [-0.1, -0.05) is 31.2 Å². The van der Waals surface area contributed by atoms with E-state index in [4.69, 9.17) is 9.98 Å². The Hall–Kier alpha value is -2.77. The SMILES string of the molecule is CCc1nc2c(s1)Nc1ccccc1N=C2N1CC[NH2+][C@@H](CCc2ccc(F)cc2)C1. The maximum Gasteiger partial charge on any atom is 0.158 e. The third-order valence-electron chi connectivity index (χ3n) is 5.93. The van der Waals surface area contributed by atoms with Crippen molar-refractivity contribution in [1.29, 1.82) is 0 Å². The number of halogens is 1. The Bertz CT molecular complexity index is 1090. The van der Waals surface area contributed by atoms with E-state index in [0.29, 0.717) is 6.04 Å². The van der Waals surface area contributed by atoms with Crippen LogP contribution in [0, 0.1) is 5.82 Å². The summed E-state index contributed by atoms with van der Waals surface area (Å²) in [5.41, 5.74) is 4.14. The molecule has 3 heterocycles. The average molecular weight is 437 g/mol. The molecule has 31 heavy (non-hydrogen) atoms. The molecule has 160 valence electrons. The number of aryl methyl sites for hydroxylation is 2. The maximum atomic E-state index is 13.2. The number of aromatic nitrogens is 1. The molecule has 0 spiro atoms. The van der Waals surface area contributed by atoms with Crippen LogP contribution in [0.15, 0.2) is 53.5 Å². The number of benzene rings is 2. The second-order valence-electron chi connectivity index (χ2n) is 8.11. The zero-order chi connectivity index (χ0) is 21.2. The predicted molar refractivity (Wildman–Crippen MR) is 124 cm³/mol. The van der Waals surface area contributed by atoms with Gasteiger partial charge < -0.3 is 15.5 Å². The summed E-state index contributed by atoms with van der Waals surface area (Å²) >= 11 is 1.72. The lowest BCUT2D eigenvalue weighted by molar-refractivity contribution is -0.697. The summed E-state index contributed by atoms with van der Waals surface area (Å²) in [4.78, 5) is 12.4. The van der Waals surface area contributed by atoms with Crippen molar-refractivity contribution < 1.29 is 9.71 Å². The number of rotatable bonds is 4. The first-order valence-corrected chi connectivity index (χ1v) is 11.8. The van der Waals surface area contributed by atoms with Gasteiger partial charge in [-0.3, -0.25) is 0 Å². The molecule has 3 N–H and O–H groups in total. The third kappa shape index (κ3) is 4.34. The Balaban J connectivity index is 1.39. The van der Waals surface area contributed by atoms with Gasteiger partial charge in [-0.2, -0.15) is 0 Å². The van der Waals surface area contributed by atoms with Crippen molar-refractivity contribution in [2.75, 3.05) is 25.0 Å². The number of nitrogens with one attached hydrogen (secondary N) is 1. The Labute approximate surface area is 186 Å². The lowest BCUT2D eigenvalue weighted by Crippen LogP contribution is -2.95. The summed E-state index contributed by atoms with van der Waals surface area (Å²) in [6, 6.07) is 15.5. The van der Waals surface area contributed by atoms with Crippen LogP contribution >= 0.6 is 11.3 Å². The predicted octanol–water partition coefficient (Wildman–Crippen LogP) is 3.86. The lowest BCUT2D eigenvalue weighted by Gasteiger charge is -2.33. The van der Waals surface area contributed by atoms with Gasteiger partial charge in [0.1, 0.15) is 22.6 Å². The van der Waals surface area contributed by atoms with Crippen molar-refractivity contribution in [1.82, 2.24) is 9.88 Å². The Morgan fingerprint density at radius 3 is 2.87 bits per heavy atom. The van der Waals surface area contributed by atoms with Gasteiger partial charge >= 0.3 is 0 Å². The molecule has 0 unspecified atom stereocenters. The second kappa shape index (κ2) is 8.77. The van der Waals surface area contributed by atoms with Gasteiger partial charge in [0.25, 0.3) is 0 Å². The number of nitrogens with two attached hydrogens (primary N) is 1. The molecular formula is C24H27FN5S+. The number of amidine groups is 1. The molecule has 1 saturated heterocycles. The highest BCUT2D eigenvalue weighted by molar-refractivity contribution is 7.16. The van der Waals surface area contributed by atoms with Gasteiger partial charge in [0, 0.05) is 6.42 Å². The fraction of sp³-hybridized carbons (Fsp3) is 0.333. The number of thiazole rings is 1. The van der Waals surface area contributed by atoms with Crippen molar-refractivity contribution in [3.05, 3.63) is 70.6 Å². The highest BCUT2D eigenvalue weighted by atomic mass is 32.1. The van der Waals surface area contributed by atoms with Gasteiger partial charge in [-0.25, -0.2) is 14.4 Å². The molecule has 1 fully saturated rings. The molecule has 0 aliphatic carbocycles. The molecule has 2 aliphatic rings. The largest absolute Gasteiger partial charge is 0.344 e. The van der Waals surface area contributed by atoms with E-state index in [1.165, 1.54) is 5.56 Å². The van der Waals surface area contributed by atoms with E-state index in [1.54, 1.807) is 23.5 Å². The zero-order valence-electron chi connectivity index (χ0n) is 17.6. The topological polar surface area (TPSA) is 57.1 Å². The first-order valence-electron chi connectivity index (χ1n) is 11.0. The van der Waals surface area contributed by atoms with Gasteiger partial charge in [0.2, 0.25) is 0 Å². The number of quaternary nitrogens is 1. The first kappa shape index (κ1) is 20.2. The molecule has 1 aromatic heterocycles. The number of hydrogen-bond acceptors (Lipinski definition) is 5. The van der Waals surface area contributed by atoms with Gasteiger partial charge in [-0.15, -0.1) is 11.3 Å². The van der Waals surface area contributed by atoms with Crippen molar-refractivity contribution in [2.24, 2.45) is 4.99 Å². The first-order chi connectivity index (χ1) is 15.2. The van der Waals surface area contributed by atoms with Crippen molar-refractivity contribution in [2.45, 2.75) is 32.2 Å². The minimum atomic E-state index is -0.176. The number of hydrogen-bond donors (Lipinski definition) is 2. The summed E-state index contributed by atoms with van der Waals surface area (Å²) in [5, 5.41) is 8.21. The van der Waals surface area contributed by atoms with E-state index >= 15 is 0 Å². The van der Waals surface area contributed by atoms with E-state index in [1.807, 2.05) is 24.3 Å². The van der Waals surface area contributed by atoms with Crippen LogP contribution in [0.1, 0.15) is 29.6 Å². The molecule has 0 radical (unpaired) electrons. The molecule has 1 atom stereocenters. The van der Waals surface area contributed by atoms with E-state index < -0.39 is 0 Å². The summed E-state index contributed by atoms with van der Waals surface area (Å²) < 4.78 is 13.2. The molecule has 5 rings (SSSR count). The summed E-state index contributed by atoms with van der Waals surface area (Å²) in [6.07, 6.45) is 2.92. The van der Waals surface area contributed by atoms with Crippen LogP contribution in [-0.2, 0) is 12.8 Å². The molecular weight excluding hydrogens is 409 g/mol. The van der Waals surface area contributed by atoms with Crippen LogP contribution in [-0.4, -0.2) is 41.4 Å². The van der Waals surface area contributed by atoms with E-state index in [9.17, 15) is 4.39 Å². The summed E-state index contributed by atoms with van der Waals surface area (Å²) in [7, 11) is 0. The van der Waals surface area contributed by atoms with Crippen molar-refractivity contribution in [3.8, 4) is 0 Å². The van der Waals surface area contributed by atoms with Gasteiger partial charge in [0.15, 0.2) is 5.84 Å². The Morgan fingerprint density at radius 1 is 1.19 bits per heavy atom. The Morgan fingerprint density at radius 2 is 2.03 bits per heavy atom. The molecule has 2 aliphatic heterocycles. The number of para-hydroxylation sites is 2. The Kier molecular flexibility index (Phi) is 5.70. The van der Waals surface area contributed by atoms with Crippen LogP contribution in [0.4, 0.5) is 20.8 Å². The molecule has 0 amide bonds. The zero-order valence-corrected chi connectivity index (χ0v) is 18.5. The summed E-state index contributed by atoms with van der Waals surface area (Å²) in [5.74, 6) is 0.799. The van der Waals surface area contributed by atoms with Crippen molar-refractivity contribution in [3.63, 3.8) is 0 Å². The van der Waals surface area contributed by atoms with Gasteiger partial charge in [-0.05, 0) is 42.7 Å². The number of anilines is 2. The number of piperazine rings is 1. The third-order valence-corrected chi connectivity index (χ3v) is 7.05. The highest BCUT2D eigenvalue weighted by Gasteiger charge is 2.30. The fourth-order valence-corrected chi connectivity index (χ4v) is 5.17. The summed E-state index contributed by atoms with van der Waals surface area (Å²) in [6.45, 7) is 5.06. The number of fused-ring (bicyclic) bond motifs is 2. The van der Waals surface area contributed by atoms with E-state index in [-0.39, 0.29) is 5.82 Å². The maximum absolute atomic E-state index is 13.2.